The van der Waals surface area contributed by atoms with Crippen molar-refractivity contribution in [3.05, 3.63) is 51.5 Å². The maximum atomic E-state index is 13.5. The minimum absolute atomic E-state index is 0.120. The van der Waals surface area contributed by atoms with Crippen LogP contribution >= 0.6 is 15.9 Å². The van der Waals surface area contributed by atoms with Crippen molar-refractivity contribution in [3.8, 4) is 0 Å². The lowest BCUT2D eigenvalue weighted by atomic mass is 10.0. The molecular weight excluding hydrogens is 333 g/mol. The summed E-state index contributed by atoms with van der Waals surface area (Å²) in [6.45, 7) is 7.84. The van der Waals surface area contributed by atoms with Crippen LogP contribution in [0.2, 0.25) is 0 Å². The van der Waals surface area contributed by atoms with E-state index in [1.165, 1.54) is 6.07 Å². The van der Waals surface area contributed by atoms with Gasteiger partial charge in [-0.15, -0.1) is 0 Å². The first-order valence-electron chi connectivity index (χ1n) is 7.26. The third kappa shape index (κ3) is 3.92. The fourth-order valence-electron chi connectivity index (χ4n) is 2.55. The molecule has 0 amide bonds. The van der Waals surface area contributed by atoms with Crippen LogP contribution < -0.4 is 5.32 Å². The third-order valence-corrected chi connectivity index (χ3v) is 4.25. The molecule has 0 aliphatic rings. The molecule has 1 N–H and O–H groups in total. The van der Waals surface area contributed by atoms with E-state index in [-0.39, 0.29) is 11.9 Å². The Labute approximate surface area is 133 Å². The standard InChI is InChI=1S/C16H21BrFN3/c1-4-19-15(16-8-11(3)20-21(16)5-2)10-12-9-13(18)6-7-14(12)17/h6-9,15,19H,4-5,10H2,1-3H3. The zero-order chi connectivity index (χ0) is 15.4. The number of benzene rings is 1. The number of nitrogens with one attached hydrogen (secondary N) is 1. The van der Waals surface area contributed by atoms with Gasteiger partial charge in [0.15, 0.2) is 0 Å². The molecule has 114 valence electrons. The molecular formula is C16H21BrFN3. The maximum absolute atomic E-state index is 13.5. The van der Waals surface area contributed by atoms with E-state index in [2.05, 4.69) is 46.3 Å². The van der Waals surface area contributed by atoms with Crippen molar-refractivity contribution in [2.75, 3.05) is 6.54 Å². The molecule has 3 nitrogen and oxygen atoms in total. The average molecular weight is 354 g/mol. The fraction of sp³-hybridized carbons (Fsp3) is 0.438. The maximum Gasteiger partial charge on any atom is 0.123 e. The predicted octanol–water partition coefficient (Wildman–Crippen LogP) is 4.01. The molecule has 0 aliphatic carbocycles. The van der Waals surface area contributed by atoms with Crippen molar-refractivity contribution < 1.29 is 4.39 Å². The van der Waals surface area contributed by atoms with E-state index < -0.39 is 0 Å². The molecule has 2 aromatic rings. The summed E-state index contributed by atoms with van der Waals surface area (Å²) < 4.78 is 16.4. The smallest absolute Gasteiger partial charge is 0.123 e. The summed E-state index contributed by atoms with van der Waals surface area (Å²) in [5.41, 5.74) is 3.11. The molecule has 0 fully saturated rings. The first-order valence-corrected chi connectivity index (χ1v) is 8.06. The van der Waals surface area contributed by atoms with Crippen LogP contribution in [-0.2, 0) is 13.0 Å². The normalized spacial score (nSPS) is 12.6. The number of nitrogens with zero attached hydrogens (tertiary/aromatic N) is 2. The van der Waals surface area contributed by atoms with E-state index in [1.807, 2.05) is 11.6 Å². The first-order chi connectivity index (χ1) is 10.0. The van der Waals surface area contributed by atoms with E-state index >= 15 is 0 Å². The SMILES string of the molecule is CCNC(Cc1cc(F)ccc1Br)c1cc(C)nn1CC. The van der Waals surface area contributed by atoms with Crippen molar-refractivity contribution in [1.82, 2.24) is 15.1 Å². The Hall–Kier alpha value is -1.20. The van der Waals surface area contributed by atoms with Crippen LogP contribution in [0.5, 0.6) is 0 Å². The van der Waals surface area contributed by atoms with E-state index in [0.717, 1.165) is 40.9 Å². The highest BCUT2D eigenvalue weighted by Gasteiger charge is 2.18. The number of rotatable bonds is 6. The van der Waals surface area contributed by atoms with Gasteiger partial charge in [-0.1, -0.05) is 22.9 Å². The van der Waals surface area contributed by atoms with Gasteiger partial charge >= 0.3 is 0 Å². The van der Waals surface area contributed by atoms with Crippen molar-refractivity contribution in [3.63, 3.8) is 0 Å². The van der Waals surface area contributed by atoms with Crippen LogP contribution in [0.4, 0.5) is 4.39 Å². The van der Waals surface area contributed by atoms with Crippen LogP contribution in [0.3, 0.4) is 0 Å². The number of hydrogen-bond donors (Lipinski definition) is 1. The van der Waals surface area contributed by atoms with E-state index in [9.17, 15) is 4.39 Å². The Balaban J connectivity index is 2.32. The quantitative estimate of drug-likeness (QED) is 0.850. The molecule has 1 unspecified atom stereocenters. The lowest BCUT2D eigenvalue weighted by Gasteiger charge is -2.20. The molecule has 1 heterocycles. The predicted molar refractivity (Wildman–Crippen MR) is 86.9 cm³/mol. The van der Waals surface area contributed by atoms with Crippen LogP contribution in [0, 0.1) is 12.7 Å². The second kappa shape index (κ2) is 7.18. The lowest BCUT2D eigenvalue weighted by molar-refractivity contribution is 0.488. The Kier molecular flexibility index (Phi) is 5.53. The minimum atomic E-state index is -0.205. The van der Waals surface area contributed by atoms with Gasteiger partial charge in [0.25, 0.3) is 0 Å². The summed E-state index contributed by atoms with van der Waals surface area (Å²) in [6, 6.07) is 7.04. The van der Waals surface area contributed by atoms with Gasteiger partial charge < -0.3 is 5.32 Å². The zero-order valence-electron chi connectivity index (χ0n) is 12.7. The molecule has 1 aromatic heterocycles. The number of halogens is 2. The van der Waals surface area contributed by atoms with Crippen LogP contribution in [0.25, 0.3) is 0 Å². The largest absolute Gasteiger partial charge is 0.309 e. The molecule has 2 rings (SSSR count). The first kappa shape index (κ1) is 16.2. The van der Waals surface area contributed by atoms with Crippen LogP contribution in [0.1, 0.15) is 36.8 Å². The highest BCUT2D eigenvalue weighted by Crippen LogP contribution is 2.25. The summed E-state index contributed by atoms with van der Waals surface area (Å²) in [6.07, 6.45) is 0.720. The molecule has 5 heteroatoms. The van der Waals surface area contributed by atoms with Crippen molar-refractivity contribution >= 4 is 15.9 Å². The van der Waals surface area contributed by atoms with E-state index in [1.54, 1.807) is 12.1 Å². The average Bonchev–Trinajstić information content (AvgIpc) is 2.83. The topological polar surface area (TPSA) is 29.9 Å². The summed E-state index contributed by atoms with van der Waals surface area (Å²) >= 11 is 3.51. The minimum Gasteiger partial charge on any atom is -0.309 e. The van der Waals surface area contributed by atoms with Gasteiger partial charge in [-0.3, -0.25) is 4.68 Å². The highest BCUT2D eigenvalue weighted by molar-refractivity contribution is 9.10. The Morgan fingerprint density at radius 2 is 2.10 bits per heavy atom. The van der Waals surface area contributed by atoms with Gasteiger partial charge in [0, 0.05) is 11.0 Å². The van der Waals surface area contributed by atoms with Crippen molar-refractivity contribution in [1.29, 1.82) is 0 Å². The Morgan fingerprint density at radius 3 is 2.76 bits per heavy atom. The lowest BCUT2D eigenvalue weighted by Crippen LogP contribution is -2.25. The number of likely N-dealkylation sites (N-methyl/N-ethyl adjacent to an activating group) is 1. The molecule has 0 radical (unpaired) electrons. The monoisotopic (exact) mass is 353 g/mol. The second-order valence-corrected chi connectivity index (χ2v) is 5.93. The van der Waals surface area contributed by atoms with Gasteiger partial charge in [0.1, 0.15) is 5.82 Å². The van der Waals surface area contributed by atoms with E-state index in [4.69, 9.17) is 0 Å². The molecule has 0 saturated carbocycles. The van der Waals surface area contributed by atoms with Crippen molar-refractivity contribution in [2.24, 2.45) is 0 Å². The Bertz CT molecular complexity index is 610. The molecule has 0 aliphatic heterocycles. The summed E-state index contributed by atoms with van der Waals surface area (Å²) in [7, 11) is 0. The third-order valence-electron chi connectivity index (χ3n) is 3.47. The summed E-state index contributed by atoms with van der Waals surface area (Å²) in [4.78, 5) is 0. The van der Waals surface area contributed by atoms with Gasteiger partial charge in [-0.05, 0) is 56.6 Å². The van der Waals surface area contributed by atoms with Crippen LogP contribution in [-0.4, -0.2) is 16.3 Å². The molecule has 1 aromatic carbocycles. The van der Waals surface area contributed by atoms with Gasteiger partial charge in [0.2, 0.25) is 0 Å². The van der Waals surface area contributed by atoms with Gasteiger partial charge in [0.05, 0.1) is 17.4 Å². The summed E-state index contributed by atoms with van der Waals surface area (Å²) in [5.74, 6) is -0.205. The molecule has 21 heavy (non-hydrogen) atoms. The second-order valence-electron chi connectivity index (χ2n) is 5.08. The summed E-state index contributed by atoms with van der Waals surface area (Å²) in [5, 5.41) is 7.98. The molecule has 0 saturated heterocycles. The number of aromatic nitrogens is 2. The van der Waals surface area contributed by atoms with Crippen molar-refractivity contribution in [2.45, 2.75) is 39.8 Å². The van der Waals surface area contributed by atoms with E-state index in [0.29, 0.717) is 0 Å². The van der Waals surface area contributed by atoms with Crippen LogP contribution in [0.15, 0.2) is 28.7 Å². The molecule has 0 bridgehead atoms. The number of hydrogen-bond acceptors (Lipinski definition) is 2. The molecule has 1 atom stereocenters. The fourth-order valence-corrected chi connectivity index (χ4v) is 2.96. The zero-order valence-corrected chi connectivity index (χ0v) is 14.2. The highest BCUT2D eigenvalue weighted by atomic mass is 79.9. The van der Waals surface area contributed by atoms with Gasteiger partial charge in [-0.2, -0.15) is 5.10 Å². The molecule has 0 spiro atoms. The Morgan fingerprint density at radius 1 is 1.33 bits per heavy atom. The van der Waals surface area contributed by atoms with Gasteiger partial charge in [-0.25, -0.2) is 4.39 Å². The number of aryl methyl sites for hydroxylation is 2.